The Kier molecular flexibility index (Phi) is 5.66. The molecule has 2 N–H and O–H groups in total. The molecule has 2 aromatic rings. The first kappa shape index (κ1) is 18.8. The van der Waals surface area contributed by atoms with Crippen molar-refractivity contribution in [3.8, 4) is 11.5 Å². The van der Waals surface area contributed by atoms with Crippen molar-refractivity contribution < 1.29 is 33.6 Å². The number of benzene rings is 1. The molecule has 2 rings (SSSR count). The second-order valence-corrected chi connectivity index (χ2v) is 5.46. The van der Waals surface area contributed by atoms with Crippen LogP contribution in [0.3, 0.4) is 0 Å². The summed E-state index contributed by atoms with van der Waals surface area (Å²) in [6.45, 7) is 1.60. The van der Waals surface area contributed by atoms with Gasteiger partial charge in [-0.15, -0.1) is 0 Å². The van der Waals surface area contributed by atoms with E-state index in [9.17, 15) is 19.8 Å². The van der Waals surface area contributed by atoms with Gasteiger partial charge in [-0.25, -0.2) is 4.79 Å². The van der Waals surface area contributed by atoms with Crippen molar-refractivity contribution in [1.29, 1.82) is 0 Å². The van der Waals surface area contributed by atoms with Gasteiger partial charge < -0.3 is 28.8 Å². The topological polar surface area (TPSA) is 115 Å². The van der Waals surface area contributed by atoms with Crippen molar-refractivity contribution in [3.05, 3.63) is 33.7 Å². The van der Waals surface area contributed by atoms with E-state index in [1.165, 1.54) is 33.5 Å². The number of carboxylic acids is 1. The number of hydrogen-bond donors (Lipinski definition) is 2. The quantitative estimate of drug-likeness (QED) is 0.777. The fourth-order valence-electron chi connectivity index (χ4n) is 2.73. The third-order valence-corrected chi connectivity index (χ3v) is 3.92. The molecule has 0 aliphatic carbocycles. The van der Waals surface area contributed by atoms with E-state index in [-0.39, 0.29) is 28.9 Å². The summed E-state index contributed by atoms with van der Waals surface area (Å²) in [5.41, 5.74) is 0.00683. The molecule has 0 amide bonds. The third kappa shape index (κ3) is 3.59. The number of rotatable bonds is 7. The Bertz CT molecular complexity index is 839. The monoisotopic (exact) mass is 352 g/mol. The van der Waals surface area contributed by atoms with E-state index in [0.29, 0.717) is 11.3 Å². The van der Waals surface area contributed by atoms with Crippen molar-refractivity contribution in [2.24, 2.45) is 0 Å². The number of carbonyl (C=O) groups is 1. The van der Waals surface area contributed by atoms with E-state index in [0.717, 1.165) is 0 Å². The predicted molar refractivity (Wildman–Crippen MR) is 88.2 cm³/mol. The highest BCUT2D eigenvalue weighted by Crippen LogP contribution is 2.40. The highest BCUT2D eigenvalue weighted by atomic mass is 16.5. The van der Waals surface area contributed by atoms with Gasteiger partial charge in [-0.05, 0) is 6.92 Å². The Morgan fingerprint density at radius 2 is 1.92 bits per heavy atom. The highest BCUT2D eigenvalue weighted by molar-refractivity contribution is 5.88. The fraction of sp³-hybridized carbons (Fsp3) is 0.412. The van der Waals surface area contributed by atoms with Gasteiger partial charge in [0.2, 0.25) is 0 Å². The van der Waals surface area contributed by atoms with Crippen molar-refractivity contribution in [1.82, 2.24) is 0 Å². The summed E-state index contributed by atoms with van der Waals surface area (Å²) in [4.78, 5) is 23.5. The molecule has 1 aromatic carbocycles. The van der Waals surface area contributed by atoms with Crippen LogP contribution < -0.4 is 10.2 Å². The van der Waals surface area contributed by atoms with Crippen molar-refractivity contribution in [2.75, 3.05) is 21.3 Å². The number of phenols is 1. The van der Waals surface area contributed by atoms with Crippen LogP contribution in [-0.2, 0) is 14.3 Å². The minimum absolute atomic E-state index is 0.0206. The van der Waals surface area contributed by atoms with Gasteiger partial charge in [-0.2, -0.15) is 0 Å². The second-order valence-electron chi connectivity index (χ2n) is 5.46. The summed E-state index contributed by atoms with van der Waals surface area (Å²) in [5.74, 6) is -0.890. The molecule has 0 bridgehead atoms. The zero-order valence-corrected chi connectivity index (χ0v) is 14.4. The summed E-state index contributed by atoms with van der Waals surface area (Å²) in [6.07, 6.45) is -1.98. The number of hydrogen-bond acceptors (Lipinski definition) is 7. The maximum absolute atomic E-state index is 12.2. The average Bonchev–Trinajstić information content (AvgIpc) is 2.55. The Morgan fingerprint density at radius 3 is 2.44 bits per heavy atom. The van der Waals surface area contributed by atoms with E-state index in [4.69, 9.17) is 18.6 Å². The molecule has 136 valence electrons. The van der Waals surface area contributed by atoms with Crippen molar-refractivity contribution in [3.63, 3.8) is 0 Å². The minimum atomic E-state index is -1.15. The molecule has 25 heavy (non-hydrogen) atoms. The largest absolute Gasteiger partial charge is 0.507 e. The van der Waals surface area contributed by atoms with Gasteiger partial charge in [0, 0.05) is 32.8 Å². The normalized spacial score (nSPS) is 13.6. The molecule has 0 aliphatic heterocycles. The number of carboxylic acid groups (broad SMARTS) is 1. The first-order valence-corrected chi connectivity index (χ1v) is 7.46. The first-order chi connectivity index (χ1) is 11.8. The van der Waals surface area contributed by atoms with Crippen LogP contribution in [0.25, 0.3) is 11.0 Å². The number of aromatic hydroxyl groups is 1. The molecule has 8 heteroatoms. The zero-order chi connectivity index (χ0) is 18.7. The lowest BCUT2D eigenvalue weighted by atomic mass is 9.98. The number of phenolic OH excluding ortho intramolecular Hbond substituents is 1. The molecule has 0 aliphatic rings. The molecule has 0 radical (unpaired) electrons. The number of ether oxygens (including phenoxy) is 3. The molecular weight excluding hydrogens is 332 g/mol. The van der Waals surface area contributed by atoms with Gasteiger partial charge >= 0.3 is 5.97 Å². The Balaban J connectivity index is 2.74. The van der Waals surface area contributed by atoms with E-state index in [1.807, 2.05) is 0 Å². The van der Waals surface area contributed by atoms with Gasteiger partial charge in [0.1, 0.15) is 22.6 Å². The van der Waals surface area contributed by atoms with E-state index < -0.39 is 23.6 Å². The lowest BCUT2D eigenvalue weighted by Gasteiger charge is -2.22. The molecule has 0 saturated heterocycles. The fourth-order valence-corrected chi connectivity index (χ4v) is 2.73. The smallest absolute Gasteiger partial charge is 0.332 e. The molecule has 2 atom stereocenters. The minimum Gasteiger partial charge on any atom is -0.507 e. The van der Waals surface area contributed by atoms with E-state index >= 15 is 0 Å². The summed E-state index contributed by atoms with van der Waals surface area (Å²) >= 11 is 0. The molecule has 0 saturated carbocycles. The van der Waals surface area contributed by atoms with Gasteiger partial charge in [-0.1, -0.05) is 0 Å². The van der Waals surface area contributed by atoms with Crippen LogP contribution in [0.1, 0.15) is 23.8 Å². The SMILES string of the molecule is COc1cc(O)c2c(=O)cc(C)oc2c1C(CC(OC)C(=O)O)OC. The molecule has 0 fully saturated rings. The second kappa shape index (κ2) is 7.54. The number of aliphatic carboxylic acids is 1. The van der Waals surface area contributed by atoms with Crippen LogP contribution in [-0.4, -0.2) is 43.6 Å². The standard InChI is InChI=1S/C17H20O8/c1-8-5-9(18)14-10(19)6-11(22-2)15(16(14)25-8)12(23-3)7-13(24-4)17(20)21/h5-6,12-13,19H,7H2,1-4H3,(H,20,21). The Labute approximate surface area is 143 Å². The molecule has 1 aromatic heterocycles. The summed E-state index contributed by atoms with van der Waals surface area (Å²) < 4.78 is 21.3. The molecule has 2 unspecified atom stereocenters. The number of methoxy groups -OCH3 is 3. The van der Waals surface area contributed by atoms with Crippen LogP contribution in [0.4, 0.5) is 0 Å². The average molecular weight is 352 g/mol. The Hall–Kier alpha value is -2.58. The van der Waals surface area contributed by atoms with Crippen LogP contribution in [0.2, 0.25) is 0 Å². The molecule has 1 heterocycles. The molecular formula is C17H20O8. The van der Waals surface area contributed by atoms with E-state index in [2.05, 4.69) is 0 Å². The summed E-state index contributed by atoms with van der Waals surface area (Å²) in [6, 6.07) is 2.54. The number of fused-ring (bicyclic) bond motifs is 1. The van der Waals surface area contributed by atoms with Crippen molar-refractivity contribution >= 4 is 16.9 Å². The Morgan fingerprint density at radius 1 is 1.24 bits per heavy atom. The van der Waals surface area contributed by atoms with E-state index in [1.54, 1.807) is 6.92 Å². The van der Waals surface area contributed by atoms with Crippen LogP contribution in [0.5, 0.6) is 11.5 Å². The first-order valence-electron chi connectivity index (χ1n) is 7.46. The zero-order valence-electron chi connectivity index (χ0n) is 14.4. The number of aryl methyl sites for hydroxylation is 1. The van der Waals surface area contributed by atoms with Gasteiger partial charge in [-0.3, -0.25) is 4.79 Å². The lowest BCUT2D eigenvalue weighted by molar-refractivity contribution is -0.150. The van der Waals surface area contributed by atoms with Crippen LogP contribution in [0, 0.1) is 6.92 Å². The third-order valence-electron chi connectivity index (χ3n) is 3.92. The molecule has 8 nitrogen and oxygen atoms in total. The summed E-state index contributed by atoms with van der Waals surface area (Å²) in [7, 11) is 4.06. The highest BCUT2D eigenvalue weighted by Gasteiger charge is 2.29. The predicted octanol–water partition coefficient (Wildman–Crippen LogP) is 1.99. The van der Waals surface area contributed by atoms with Crippen molar-refractivity contribution in [2.45, 2.75) is 25.6 Å². The van der Waals surface area contributed by atoms with Crippen LogP contribution >= 0.6 is 0 Å². The van der Waals surface area contributed by atoms with Crippen LogP contribution in [0.15, 0.2) is 21.3 Å². The maximum atomic E-state index is 12.2. The van der Waals surface area contributed by atoms with Gasteiger partial charge in [0.15, 0.2) is 17.1 Å². The lowest BCUT2D eigenvalue weighted by Crippen LogP contribution is -2.25. The maximum Gasteiger partial charge on any atom is 0.332 e. The van der Waals surface area contributed by atoms with Gasteiger partial charge in [0.05, 0.1) is 18.8 Å². The van der Waals surface area contributed by atoms with Gasteiger partial charge in [0.25, 0.3) is 0 Å². The summed E-state index contributed by atoms with van der Waals surface area (Å²) in [5, 5.41) is 19.3. The molecule has 0 spiro atoms.